The molecule has 0 heterocycles. The van der Waals surface area contributed by atoms with E-state index in [-0.39, 0.29) is 17.8 Å². The minimum absolute atomic E-state index is 0.0915. The lowest BCUT2D eigenvalue weighted by atomic mass is 10.1. The zero-order valence-electron chi connectivity index (χ0n) is 10.9. The van der Waals surface area contributed by atoms with E-state index in [4.69, 9.17) is 0 Å². The highest BCUT2D eigenvalue weighted by Crippen LogP contribution is 2.17. The van der Waals surface area contributed by atoms with E-state index >= 15 is 0 Å². The van der Waals surface area contributed by atoms with Crippen LogP contribution in [0.25, 0.3) is 0 Å². The number of ether oxygens (including phenoxy) is 1. The number of hydrogen-bond donors (Lipinski definition) is 1. The van der Waals surface area contributed by atoms with Gasteiger partial charge in [-0.1, -0.05) is 28.7 Å². The number of carbonyl (C=O) groups is 2. The van der Waals surface area contributed by atoms with Gasteiger partial charge in [-0.2, -0.15) is 0 Å². The largest absolute Gasteiger partial charge is 0.468 e. The first-order valence-corrected chi connectivity index (χ1v) is 6.86. The van der Waals surface area contributed by atoms with E-state index in [0.717, 1.165) is 0 Å². The van der Waals surface area contributed by atoms with Gasteiger partial charge in [-0.3, -0.25) is 19.7 Å². The fourth-order valence-corrected chi connectivity index (χ4v) is 1.93. The van der Waals surface area contributed by atoms with Crippen molar-refractivity contribution in [2.45, 2.75) is 10.8 Å². The van der Waals surface area contributed by atoms with E-state index in [1.807, 2.05) is 22.6 Å². The van der Waals surface area contributed by atoms with Gasteiger partial charge in [-0.05, 0) is 12.5 Å². The third-order valence-electron chi connectivity index (χ3n) is 2.58. The molecule has 0 bridgehead atoms. The summed E-state index contributed by atoms with van der Waals surface area (Å²) in [6.07, 6.45) is 0. The smallest absolute Gasteiger partial charge is 0.320 e. The van der Waals surface area contributed by atoms with Gasteiger partial charge in [-0.15, -0.1) is 0 Å². The zero-order chi connectivity index (χ0) is 15.3. The summed E-state index contributed by atoms with van der Waals surface area (Å²) in [6.45, 7) is 1.77. The number of alkyl halides is 1. The van der Waals surface area contributed by atoms with Gasteiger partial charge < -0.3 is 10.1 Å². The molecule has 1 aromatic rings. The Morgan fingerprint density at radius 3 is 2.70 bits per heavy atom. The van der Waals surface area contributed by atoms with Crippen LogP contribution in [-0.2, 0) is 9.53 Å². The van der Waals surface area contributed by atoms with Gasteiger partial charge in [0.05, 0.1) is 12.0 Å². The molecule has 8 heteroatoms. The number of aryl methyl sites for hydroxylation is 1. The van der Waals surface area contributed by atoms with Crippen LogP contribution in [0, 0.1) is 17.0 Å². The summed E-state index contributed by atoms with van der Waals surface area (Å²) in [5, 5.41) is 13.2. The van der Waals surface area contributed by atoms with E-state index in [1.165, 1.54) is 25.3 Å². The lowest BCUT2D eigenvalue weighted by Crippen LogP contribution is -2.34. The molecule has 0 aliphatic carbocycles. The molecule has 0 aliphatic heterocycles. The maximum atomic E-state index is 12.0. The summed E-state index contributed by atoms with van der Waals surface area (Å²) < 4.78 is 4.02. The van der Waals surface area contributed by atoms with Gasteiger partial charge in [0, 0.05) is 24.2 Å². The molecule has 1 unspecified atom stereocenters. The van der Waals surface area contributed by atoms with Gasteiger partial charge in [0.2, 0.25) is 0 Å². The number of halogens is 1. The maximum Gasteiger partial charge on any atom is 0.320 e. The van der Waals surface area contributed by atoms with Crippen LogP contribution in [0.3, 0.4) is 0 Å². The Bertz CT molecular complexity index is 547. The van der Waals surface area contributed by atoms with E-state index in [2.05, 4.69) is 10.1 Å². The van der Waals surface area contributed by atoms with Crippen molar-refractivity contribution in [2.24, 2.45) is 0 Å². The molecule has 1 rings (SSSR count). The molecule has 7 nitrogen and oxygen atoms in total. The van der Waals surface area contributed by atoms with Crippen molar-refractivity contribution in [3.05, 3.63) is 39.4 Å². The highest BCUT2D eigenvalue weighted by molar-refractivity contribution is 14.1. The third kappa shape index (κ3) is 4.15. The number of nitro benzene ring substituents is 1. The van der Waals surface area contributed by atoms with Crippen molar-refractivity contribution < 1.29 is 19.2 Å². The molecule has 20 heavy (non-hydrogen) atoms. The van der Waals surface area contributed by atoms with E-state index in [0.29, 0.717) is 5.56 Å². The molecule has 0 saturated heterocycles. The lowest BCUT2D eigenvalue weighted by Gasteiger charge is -2.10. The van der Waals surface area contributed by atoms with Crippen LogP contribution in [0.5, 0.6) is 0 Å². The number of rotatable bonds is 5. The quantitative estimate of drug-likeness (QED) is 0.270. The number of hydrogen-bond acceptors (Lipinski definition) is 5. The Morgan fingerprint density at radius 2 is 2.15 bits per heavy atom. The third-order valence-corrected chi connectivity index (χ3v) is 3.52. The summed E-state index contributed by atoms with van der Waals surface area (Å²) in [5.41, 5.74) is 0.684. The average Bonchev–Trinajstić information content (AvgIpc) is 2.43. The van der Waals surface area contributed by atoms with Crippen LogP contribution < -0.4 is 5.32 Å². The van der Waals surface area contributed by atoms with Crippen molar-refractivity contribution in [1.29, 1.82) is 0 Å². The summed E-state index contributed by atoms with van der Waals surface area (Å²) in [4.78, 5) is 33.3. The molecule has 1 amide bonds. The van der Waals surface area contributed by atoms with Crippen LogP contribution in [0.4, 0.5) is 5.69 Å². The first kappa shape index (κ1) is 16.3. The Balaban J connectivity index is 2.80. The summed E-state index contributed by atoms with van der Waals surface area (Å²) in [7, 11) is 1.26. The summed E-state index contributed by atoms with van der Waals surface area (Å²) in [6, 6.07) is 4.06. The molecule has 0 spiro atoms. The fourth-order valence-electron chi connectivity index (χ4n) is 1.46. The number of methoxy groups -OCH3 is 1. The van der Waals surface area contributed by atoms with E-state index in [1.54, 1.807) is 6.92 Å². The SMILES string of the molecule is COC(=O)C(I)CNC(=O)c1cc([N+](=O)[O-])ccc1C. The van der Waals surface area contributed by atoms with Gasteiger partial charge >= 0.3 is 5.97 Å². The van der Waals surface area contributed by atoms with Crippen molar-refractivity contribution in [3.63, 3.8) is 0 Å². The van der Waals surface area contributed by atoms with Gasteiger partial charge in [-0.25, -0.2) is 0 Å². The van der Waals surface area contributed by atoms with Crippen molar-refractivity contribution in [1.82, 2.24) is 5.32 Å². The molecular weight excluding hydrogens is 379 g/mol. The molecule has 1 N–H and O–H groups in total. The maximum absolute atomic E-state index is 12.0. The van der Waals surface area contributed by atoms with Crippen LogP contribution in [0.2, 0.25) is 0 Å². The second-order valence-corrected chi connectivity index (χ2v) is 5.46. The van der Waals surface area contributed by atoms with E-state index < -0.39 is 20.7 Å². The summed E-state index contributed by atoms with van der Waals surface area (Å²) in [5.74, 6) is -0.904. The fraction of sp³-hybridized carbons (Fsp3) is 0.333. The standard InChI is InChI=1S/C12H13IN2O5/c1-7-3-4-8(15(18)19)5-9(7)11(16)14-6-10(13)12(17)20-2/h3-5,10H,6H2,1-2H3,(H,14,16). The second-order valence-electron chi connectivity index (χ2n) is 3.96. The van der Waals surface area contributed by atoms with Gasteiger partial charge in [0.15, 0.2) is 0 Å². The van der Waals surface area contributed by atoms with Crippen molar-refractivity contribution in [3.8, 4) is 0 Å². The molecule has 1 atom stereocenters. The lowest BCUT2D eigenvalue weighted by molar-refractivity contribution is -0.384. The Labute approximate surface area is 129 Å². The summed E-state index contributed by atoms with van der Waals surface area (Å²) >= 11 is 1.85. The topological polar surface area (TPSA) is 98.5 Å². The Hall–Kier alpha value is -1.71. The number of nitrogens with one attached hydrogen (secondary N) is 1. The minimum atomic E-state index is -0.564. The Kier molecular flexibility index (Phi) is 5.86. The van der Waals surface area contributed by atoms with Crippen LogP contribution in [0.1, 0.15) is 15.9 Å². The van der Waals surface area contributed by atoms with Gasteiger partial charge in [0.25, 0.3) is 11.6 Å². The zero-order valence-corrected chi connectivity index (χ0v) is 13.0. The molecular formula is C12H13IN2O5. The average molecular weight is 392 g/mol. The molecule has 108 valence electrons. The van der Waals surface area contributed by atoms with Crippen LogP contribution in [0.15, 0.2) is 18.2 Å². The van der Waals surface area contributed by atoms with E-state index in [9.17, 15) is 19.7 Å². The Morgan fingerprint density at radius 1 is 1.50 bits per heavy atom. The number of esters is 1. The number of benzene rings is 1. The predicted molar refractivity (Wildman–Crippen MR) is 80.0 cm³/mol. The highest BCUT2D eigenvalue weighted by Gasteiger charge is 2.18. The normalized spacial score (nSPS) is 11.6. The molecule has 1 aromatic carbocycles. The first-order chi connectivity index (χ1) is 9.36. The molecule has 0 aliphatic rings. The molecule has 0 saturated carbocycles. The van der Waals surface area contributed by atoms with Crippen LogP contribution >= 0.6 is 22.6 Å². The predicted octanol–water partition coefficient (Wildman–Crippen LogP) is 1.61. The van der Waals surface area contributed by atoms with Crippen molar-refractivity contribution in [2.75, 3.05) is 13.7 Å². The number of nitrogens with zero attached hydrogens (tertiary/aromatic N) is 1. The van der Waals surface area contributed by atoms with Crippen molar-refractivity contribution >= 4 is 40.2 Å². The monoisotopic (exact) mass is 392 g/mol. The number of nitro groups is 1. The minimum Gasteiger partial charge on any atom is -0.468 e. The van der Waals surface area contributed by atoms with Gasteiger partial charge in [0.1, 0.15) is 3.92 Å². The highest BCUT2D eigenvalue weighted by atomic mass is 127. The first-order valence-electron chi connectivity index (χ1n) is 5.62. The molecule has 0 radical (unpaired) electrons. The number of carbonyl (C=O) groups excluding carboxylic acids is 2. The number of non-ortho nitro benzene ring substituents is 1. The molecule has 0 fully saturated rings. The molecule has 0 aromatic heterocycles. The number of amides is 1. The second kappa shape index (κ2) is 7.17. The van der Waals surface area contributed by atoms with Crippen LogP contribution in [-0.4, -0.2) is 34.4 Å².